The van der Waals surface area contributed by atoms with E-state index in [2.05, 4.69) is 39.4 Å². The fraction of sp³-hybridized carbons (Fsp3) is 0.458. The van der Waals surface area contributed by atoms with E-state index in [1.807, 2.05) is 54.2 Å². The molecule has 6 heteroatoms. The van der Waals surface area contributed by atoms with Crippen LogP contribution in [0.25, 0.3) is 0 Å². The van der Waals surface area contributed by atoms with Gasteiger partial charge in [-0.15, -0.1) is 10.2 Å². The summed E-state index contributed by atoms with van der Waals surface area (Å²) in [6.45, 7) is 3.24. The molecule has 1 amide bonds. The molecule has 1 atom stereocenters. The van der Waals surface area contributed by atoms with Crippen LogP contribution >= 0.6 is 0 Å². The lowest BCUT2D eigenvalue weighted by Gasteiger charge is -2.37. The van der Waals surface area contributed by atoms with Crippen LogP contribution < -0.4 is 9.80 Å². The van der Waals surface area contributed by atoms with Crippen LogP contribution in [0.3, 0.4) is 0 Å². The first-order valence-electron chi connectivity index (χ1n) is 10.9. The van der Waals surface area contributed by atoms with E-state index in [1.54, 1.807) is 0 Å². The van der Waals surface area contributed by atoms with Crippen molar-refractivity contribution in [2.24, 2.45) is 11.8 Å². The number of allylic oxidation sites excluding steroid dienone is 1. The zero-order valence-electron chi connectivity index (χ0n) is 17.9. The van der Waals surface area contributed by atoms with Crippen molar-refractivity contribution in [3.8, 4) is 0 Å². The molecule has 0 saturated carbocycles. The third-order valence-corrected chi connectivity index (χ3v) is 6.25. The van der Waals surface area contributed by atoms with Gasteiger partial charge in [0.1, 0.15) is 0 Å². The van der Waals surface area contributed by atoms with Crippen LogP contribution in [0.1, 0.15) is 24.8 Å². The van der Waals surface area contributed by atoms with E-state index in [-0.39, 0.29) is 5.92 Å². The summed E-state index contributed by atoms with van der Waals surface area (Å²) in [5.41, 5.74) is 1.19. The number of anilines is 2. The first-order chi connectivity index (χ1) is 14.6. The maximum Gasteiger partial charge on any atom is 0.226 e. The molecular formula is C24H31N5O. The van der Waals surface area contributed by atoms with Gasteiger partial charge in [0.05, 0.1) is 0 Å². The quantitative estimate of drug-likeness (QED) is 0.714. The molecule has 0 N–H and O–H groups in total. The molecular weight excluding hydrogens is 374 g/mol. The molecule has 0 aliphatic carbocycles. The highest BCUT2D eigenvalue weighted by molar-refractivity contribution is 5.80. The second-order valence-corrected chi connectivity index (χ2v) is 8.49. The predicted molar refractivity (Wildman–Crippen MR) is 120 cm³/mol. The van der Waals surface area contributed by atoms with Gasteiger partial charge in [0.15, 0.2) is 11.6 Å². The lowest BCUT2D eigenvalue weighted by Crippen LogP contribution is -2.42. The van der Waals surface area contributed by atoms with Crippen LogP contribution in [-0.4, -0.2) is 54.7 Å². The van der Waals surface area contributed by atoms with Crippen LogP contribution in [0.15, 0.2) is 54.6 Å². The molecule has 0 bridgehead atoms. The van der Waals surface area contributed by atoms with Crippen molar-refractivity contribution in [3.63, 3.8) is 0 Å². The third kappa shape index (κ3) is 4.64. The van der Waals surface area contributed by atoms with Crippen molar-refractivity contribution in [1.29, 1.82) is 0 Å². The molecule has 2 aliphatic rings. The number of nitrogens with zero attached hydrogens (tertiary/aromatic N) is 5. The van der Waals surface area contributed by atoms with E-state index in [4.69, 9.17) is 0 Å². The van der Waals surface area contributed by atoms with Crippen LogP contribution in [0, 0.1) is 11.8 Å². The zero-order chi connectivity index (χ0) is 20.9. The highest BCUT2D eigenvalue weighted by atomic mass is 16.2. The van der Waals surface area contributed by atoms with Crippen LogP contribution in [-0.2, 0) is 11.3 Å². The SMILES string of the molecule is CN(C)c1ccc(N2CCC(C3CC=CCN(Cc4ccccc4)C3=O)CC2)nn1. The Hall–Kier alpha value is -2.89. The van der Waals surface area contributed by atoms with Crippen LogP contribution in [0.2, 0.25) is 0 Å². The van der Waals surface area contributed by atoms with E-state index in [0.717, 1.165) is 44.0 Å². The van der Waals surface area contributed by atoms with E-state index >= 15 is 0 Å². The molecule has 158 valence electrons. The number of hydrogen-bond acceptors (Lipinski definition) is 5. The second-order valence-electron chi connectivity index (χ2n) is 8.49. The van der Waals surface area contributed by atoms with Gasteiger partial charge in [-0.1, -0.05) is 42.5 Å². The number of benzene rings is 1. The minimum atomic E-state index is 0.0804. The Labute approximate surface area is 179 Å². The predicted octanol–water partition coefficient (Wildman–Crippen LogP) is 3.36. The van der Waals surface area contributed by atoms with E-state index in [1.165, 1.54) is 5.56 Å². The molecule has 30 heavy (non-hydrogen) atoms. The van der Waals surface area contributed by atoms with Gasteiger partial charge in [0, 0.05) is 46.2 Å². The van der Waals surface area contributed by atoms with Crippen molar-refractivity contribution in [2.45, 2.75) is 25.8 Å². The lowest BCUT2D eigenvalue weighted by atomic mass is 9.81. The number of hydrogen-bond donors (Lipinski definition) is 0. The van der Waals surface area contributed by atoms with E-state index in [0.29, 0.717) is 24.9 Å². The monoisotopic (exact) mass is 405 g/mol. The standard InChI is InChI=1S/C24H31N5O/c1-27(2)22-11-12-23(26-25-22)28-16-13-20(14-17-28)21-10-6-7-15-29(24(21)30)18-19-8-4-3-5-9-19/h3-9,11-12,20-21H,10,13-18H2,1-2H3. The van der Waals surface area contributed by atoms with Gasteiger partial charge in [0.2, 0.25) is 5.91 Å². The minimum absolute atomic E-state index is 0.0804. The van der Waals surface area contributed by atoms with E-state index in [9.17, 15) is 4.79 Å². The largest absolute Gasteiger partial charge is 0.361 e. The molecule has 4 rings (SSSR count). The first kappa shape index (κ1) is 20.4. The molecule has 1 aromatic heterocycles. The summed E-state index contributed by atoms with van der Waals surface area (Å²) in [4.78, 5) is 19.6. The molecule has 6 nitrogen and oxygen atoms in total. The molecule has 1 unspecified atom stereocenters. The van der Waals surface area contributed by atoms with Crippen LogP contribution in [0.4, 0.5) is 11.6 Å². The summed E-state index contributed by atoms with van der Waals surface area (Å²) in [5.74, 6) is 2.60. The molecule has 0 radical (unpaired) electrons. The van der Waals surface area contributed by atoms with Crippen molar-refractivity contribution < 1.29 is 4.79 Å². The zero-order valence-corrected chi connectivity index (χ0v) is 17.9. The van der Waals surface area contributed by atoms with Crippen molar-refractivity contribution >= 4 is 17.5 Å². The third-order valence-electron chi connectivity index (χ3n) is 6.25. The van der Waals surface area contributed by atoms with Crippen LogP contribution in [0.5, 0.6) is 0 Å². The maximum atomic E-state index is 13.3. The number of aromatic nitrogens is 2. The lowest BCUT2D eigenvalue weighted by molar-refractivity contribution is -0.137. The summed E-state index contributed by atoms with van der Waals surface area (Å²) in [7, 11) is 3.93. The number of amides is 1. The van der Waals surface area contributed by atoms with Gasteiger partial charge in [-0.05, 0) is 42.9 Å². The summed E-state index contributed by atoms with van der Waals surface area (Å²) in [5, 5.41) is 8.70. The van der Waals surface area contributed by atoms with Gasteiger partial charge in [-0.2, -0.15) is 0 Å². The van der Waals surface area contributed by atoms with Crippen molar-refractivity contribution in [1.82, 2.24) is 15.1 Å². The molecule has 0 spiro atoms. The summed E-state index contributed by atoms with van der Waals surface area (Å²) >= 11 is 0. The first-order valence-corrected chi connectivity index (χ1v) is 10.9. The molecule has 2 aliphatic heterocycles. The minimum Gasteiger partial charge on any atom is -0.361 e. The number of rotatable bonds is 5. The Morgan fingerprint density at radius 1 is 1.00 bits per heavy atom. The molecule has 2 aromatic rings. The smallest absolute Gasteiger partial charge is 0.226 e. The van der Waals surface area contributed by atoms with Gasteiger partial charge in [0.25, 0.3) is 0 Å². The highest BCUT2D eigenvalue weighted by Crippen LogP contribution is 2.32. The molecule has 1 saturated heterocycles. The molecule has 1 fully saturated rings. The summed E-state index contributed by atoms with van der Waals surface area (Å²) in [6, 6.07) is 14.3. The topological polar surface area (TPSA) is 52.6 Å². The number of carbonyl (C=O) groups excluding carboxylic acids is 1. The maximum absolute atomic E-state index is 13.3. The number of carbonyl (C=O) groups is 1. The second kappa shape index (κ2) is 9.28. The average Bonchev–Trinajstić information content (AvgIpc) is 2.96. The van der Waals surface area contributed by atoms with Gasteiger partial charge >= 0.3 is 0 Å². The Bertz CT molecular complexity index is 857. The Balaban J connectivity index is 1.38. The number of piperidine rings is 1. The van der Waals surface area contributed by atoms with Crippen molar-refractivity contribution in [3.05, 3.63) is 60.2 Å². The fourth-order valence-electron chi connectivity index (χ4n) is 4.47. The molecule has 3 heterocycles. The van der Waals surface area contributed by atoms with Gasteiger partial charge < -0.3 is 14.7 Å². The summed E-state index contributed by atoms with van der Waals surface area (Å²) < 4.78 is 0. The van der Waals surface area contributed by atoms with Gasteiger partial charge in [-0.25, -0.2) is 0 Å². The van der Waals surface area contributed by atoms with Gasteiger partial charge in [-0.3, -0.25) is 4.79 Å². The average molecular weight is 406 g/mol. The van der Waals surface area contributed by atoms with E-state index < -0.39 is 0 Å². The Kier molecular flexibility index (Phi) is 6.31. The normalized spacial score (nSPS) is 20.3. The van der Waals surface area contributed by atoms with Crippen molar-refractivity contribution in [2.75, 3.05) is 43.5 Å². The summed E-state index contributed by atoms with van der Waals surface area (Å²) in [6.07, 6.45) is 7.23. The Morgan fingerprint density at radius 3 is 2.43 bits per heavy atom. The fourth-order valence-corrected chi connectivity index (χ4v) is 4.47. The molecule has 1 aromatic carbocycles. The Morgan fingerprint density at radius 2 is 1.77 bits per heavy atom. The highest BCUT2D eigenvalue weighted by Gasteiger charge is 2.34.